The highest BCUT2D eigenvalue weighted by Gasteiger charge is 2.52. The Kier molecular flexibility index (Phi) is 5.86. The molecule has 1 saturated heterocycles. The monoisotopic (exact) mass is 318 g/mol. The summed E-state index contributed by atoms with van der Waals surface area (Å²) in [7, 11) is 0. The first-order chi connectivity index (χ1) is 10.1. The SMILES string of the molecule is CC(=O)O[C@@H]1OC(C(=O)O)[C@H](OC(C)=O)[C@H](OC(C)=O)C1C. The van der Waals surface area contributed by atoms with Gasteiger partial charge in [0.05, 0.1) is 5.92 Å². The fraction of sp³-hybridized carbons (Fsp3) is 0.692. The van der Waals surface area contributed by atoms with Crippen molar-refractivity contribution >= 4 is 23.9 Å². The number of ether oxygens (including phenoxy) is 4. The van der Waals surface area contributed by atoms with E-state index >= 15 is 0 Å². The molecule has 1 aliphatic heterocycles. The largest absolute Gasteiger partial charge is 0.479 e. The van der Waals surface area contributed by atoms with Crippen LogP contribution in [0.4, 0.5) is 0 Å². The van der Waals surface area contributed by atoms with E-state index in [0.29, 0.717) is 0 Å². The van der Waals surface area contributed by atoms with Crippen LogP contribution in [0.5, 0.6) is 0 Å². The van der Waals surface area contributed by atoms with Gasteiger partial charge in [-0.25, -0.2) is 4.79 Å². The van der Waals surface area contributed by atoms with E-state index in [0.717, 1.165) is 20.8 Å². The Hall–Kier alpha value is -2.16. The summed E-state index contributed by atoms with van der Waals surface area (Å²) in [6.07, 6.45) is -5.34. The van der Waals surface area contributed by atoms with E-state index in [1.165, 1.54) is 6.92 Å². The van der Waals surface area contributed by atoms with E-state index in [2.05, 4.69) is 0 Å². The molecule has 0 spiro atoms. The molecule has 2 unspecified atom stereocenters. The number of esters is 3. The van der Waals surface area contributed by atoms with E-state index < -0.39 is 54.4 Å². The number of carboxylic acids is 1. The molecule has 0 aromatic heterocycles. The number of rotatable bonds is 4. The lowest BCUT2D eigenvalue weighted by Crippen LogP contribution is -2.59. The van der Waals surface area contributed by atoms with Crippen molar-refractivity contribution in [1.29, 1.82) is 0 Å². The van der Waals surface area contributed by atoms with Crippen molar-refractivity contribution in [2.24, 2.45) is 5.92 Å². The number of hydrogen-bond donors (Lipinski definition) is 1. The van der Waals surface area contributed by atoms with E-state index in [9.17, 15) is 24.3 Å². The van der Waals surface area contributed by atoms with Crippen LogP contribution in [0, 0.1) is 5.92 Å². The van der Waals surface area contributed by atoms with Crippen LogP contribution in [0.15, 0.2) is 0 Å². The van der Waals surface area contributed by atoms with Crippen molar-refractivity contribution in [2.45, 2.75) is 52.3 Å². The third kappa shape index (κ3) is 4.42. The number of aliphatic carboxylic acids is 1. The molecule has 124 valence electrons. The zero-order valence-electron chi connectivity index (χ0n) is 12.6. The maximum absolute atomic E-state index is 11.3. The number of hydrogen-bond acceptors (Lipinski definition) is 8. The summed E-state index contributed by atoms with van der Waals surface area (Å²) < 4.78 is 20.1. The maximum atomic E-state index is 11.3. The molecular formula is C13H18O9. The van der Waals surface area contributed by atoms with Gasteiger partial charge in [0.15, 0.2) is 18.3 Å². The zero-order chi connectivity index (χ0) is 17.0. The first-order valence-electron chi connectivity index (χ1n) is 6.53. The Labute approximate surface area is 126 Å². The van der Waals surface area contributed by atoms with Gasteiger partial charge in [-0.3, -0.25) is 14.4 Å². The average Bonchev–Trinajstić information content (AvgIpc) is 2.35. The molecule has 1 rings (SSSR count). The molecule has 1 N–H and O–H groups in total. The van der Waals surface area contributed by atoms with Gasteiger partial charge in [-0.05, 0) is 0 Å². The van der Waals surface area contributed by atoms with Gasteiger partial charge in [0.25, 0.3) is 0 Å². The molecule has 0 radical (unpaired) electrons. The van der Waals surface area contributed by atoms with E-state index in [4.69, 9.17) is 18.9 Å². The van der Waals surface area contributed by atoms with E-state index in [-0.39, 0.29) is 0 Å². The molecule has 0 aliphatic carbocycles. The molecular weight excluding hydrogens is 300 g/mol. The molecule has 5 atom stereocenters. The topological polar surface area (TPSA) is 125 Å². The minimum absolute atomic E-state index is 0.687. The van der Waals surface area contributed by atoms with Gasteiger partial charge in [0, 0.05) is 20.8 Å². The fourth-order valence-corrected chi connectivity index (χ4v) is 2.16. The summed E-state index contributed by atoms with van der Waals surface area (Å²) in [4.78, 5) is 44.8. The van der Waals surface area contributed by atoms with Crippen LogP contribution in [0.2, 0.25) is 0 Å². The van der Waals surface area contributed by atoms with Crippen molar-refractivity contribution in [1.82, 2.24) is 0 Å². The van der Waals surface area contributed by atoms with Gasteiger partial charge in [-0.15, -0.1) is 0 Å². The smallest absolute Gasteiger partial charge is 0.337 e. The van der Waals surface area contributed by atoms with Gasteiger partial charge < -0.3 is 24.1 Å². The Balaban J connectivity index is 3.13. The average molecular weight is 318 g/mol. The van der Waals surface area contributed by atoms with Crippen LogP contribution >= 0.6 is 0 Å². The van der Waals surface area contributed by atoms with Gasteiger partial charge >= 0.3 is 23.9 Å². The Bertz CT molecular complexity index is 472. The lowest BCUT2D eigenvalue weighted by atomic mass is 9.91. The molecule has 0 aromatic rings. The van der Waals surface area contributed by atoms with Crippen molar-refractivity contribution in [3.05, 3.63) is 0 Å². The van der Waals surface area contributed by atoms with Crippen LogP contribution in [0.1, 0.15) is 27.7 Å². The van der Waals surface area contributed by atoms with Crippen LogP contribution < -0.4 is 0 Å². The summed E-state index contributed by atoms with van der Waals surface area (Å²) in [5.74, 6) is -4.30. The molecule has 22 heavy (non-hydrogen) atoms. The molecule has 0 amide bonds. The van der Waals surface area contributed by atoms with Gasteiger partial charge in [0.1, 0.15) is 0 Å². The van der Waals surface area contributed by atoms with Crippen LogP contribution in [0.3, 0.4) is 0 Å². The predicted molar refractivity (Wildman–Crippen MR) is 68.3 cm³/mol. The third-order valence-corrected chi connectivity index (χ3v) is 2.98. The van der Waals surface area contributed by atoms with E-state index in [1.807, 2.05) is 0 Å². The van der Waals surface area contributed by atoms with Crippen molar-refractivity contribution in [2.75, 3.05) is 0 Å². The summed E-state index contributed by atoms with van der Waals surface area (Å²) >= 11 is 0. The van der Waals surface area contributed by atoms with E-state index in [1.54, 1.807) is 0 Å². The lowest BCUT2D eigenvalue weighted by molar-refractivity contribution is -0.274. The molecule has 1 heterocycles. The second kappa shape index (κ2) is 7.21. The zero-order valence-corrected chi connectivity index (χ0v) is 12.6. The van der Waals surface area contributed by atoms with Gasteiger partial charge in [-0.1, -0.05) is 6.92 Å². The van der Waals surface area contributed by atoms with Crippen molar-refractivity contribution in [3.8, 4) is 0 Å². The molecule has 0 saturated carbocycles. The highest BCUT2D eigenvalue weighted by atomic mass is 16.7. The fourth-order valence-electron chi connectivity index (χ4n) is 2.16. The van der Waals surface area contributed by atoms with Crippen LogP contribution in [-0.2, 0) is 38.1 Å². The second-order valence-electron chi connectivity index (χ2n) is 4.88. The minimum Gasteiger partial charge on any atom is -0.479 e. The summed E-state index contributed by atoms with van der Waals surface area (Å²) in [5, 5.41) is 9.21. The predicted octanol–water partition coefficient (Wildman–Crippen LogP) is -0.141. The highest BCUT2D eigenvalue weighted by Crippen LogP contribution is 2.31. The van der Waals surface area contributed by atoms with Crippen molar-refractivity contribution < 1.29 is 43.2 Å². The minimum atomic E-state index is -1.63. The second-order valence-corrected chi connectivity index (χ2v) is 4.88. The molecule has 0 bridgehead atoms. The normalized spacial score (nSPS) is 31.0. The molecule has 1 aliphatic rings. The Morgan fingerprint density at radius 2 is 1.32 bits per heavy atom. The van der Waals surface area contributed by atoms with Crippen molar-refractivity contribution in [3.63, 3.8) is 0 Å². The molecule has 1 fully saturated rings. The number of carbonyl (C=O) groups is 4. The summed E-state index contributed by atoms with van der Waals surface area (Å²) in [6, 6.07) is 0. The quantitative estimate of drug-likeness (QED) is 0.556. The van der Waals surface area contributed by atoms with Crippen LogP contribution in [0.25, 0.3) is 0 Å². The Morgan fingerprint density at radius 1 is 0.864 bits per heavy atom. The summed E-state index contributed by atoms with van der Waals surface area (Å²) in [6.45, 7) is 4.87. The molecule has 9 heteroatoms. The summed E-state index contributed by atoms with van der Waals surface area (Å²) in [5.41, 5.74) is 0. The number of carboxylic acid groups (broad SMARTS) is 1. The Morgan fingerprint density at radius 3 is 1.73 bits per heavy atom. The highest BCUT2D eigenvalue weighted by molar-refractivity contribution is 5.75. The lowest BCUT2D eigenvalue weighted by Gasteiger charge is -2.41. The molecule has 9 nitrogen and oxygen atoms in total. The van der Waals surface area contributed by atoms with Gasteiger partial charge in [0.2, 0.25) is 6.29 Å². The first-order valence-corrected chi connectivity index (χ1v) is 6.53. The first kappa shape index (κ1) is 17.9. The molecule has 0 aromatic carbocycles. The standard InChI is InChI=1S/C13H18O9/c1-5-9(19-6(2)14)10(20-7(3)15)11(12(17)18)22-13(5)21-8(4)16/h5,9-11,13H,1-4H3,(H,17,18)/t5?,9-,10-,11?,13-/m1/s1. The number of carbonyl (C=O) groups excluding carboxylic acids is 3. The maximum Gasteiger partial charge on any atom is 0.337 e. The van der Waals surface area contributed by atoms with Crippen LogP contribution in [-0.4, -0.2) is 53.6 Å². The third-order valence-electron chi connectivity index (χ3n) is 2.98. The van der Waals surface area contributed by atoms with Gasteiger partial charge in [-0.2, -0.15) is 0 Å².